The van der Waals surface area contributed by atoms with Gasteiger partial charge in [-0.05, 0) is 19.0 Å². The van der Waals surface area contributed by atoms with E-state index < -0.39 is 0 Å². The van der Waals surface area contributed by atoms with Crippen LogP contribution in [0.15, 0.2) is 30.3 Å². The highest BCUT2D eigenvalue weighted by Crippen LogP contribution is 2.11. The lowest BCUT2D eigenvalue weighted by Crippen LogP contribution is -2.22. The fourth-order valence-corrected chi connectivity index (χ4v) is 1.76. The van der Waals surface area contributed by atoms with E-state index >= 15 is 0 Å². The molecule has 0 fully saturated rings. The van der Waals surface area contributed by atoms with Gasteiger partial charge in [-0.1, -0.05) is 30.3 Å². The van der Waals surface area contributed by atoms with Gasteiger partial charge in [-0.2, -0.15) is 0 Å². The smallest absolute Gasteiger partial charge is 0.0701 e. The summed E-state index contributed by atoms with van der Waals surface area (Å²) in [5.41, 5.74) is 1.24. The Bertz CT molecular complexity index is 306. The number of likely N-dealkylation sites (N-methyl/N-ethyl adjacent to an activating group) is 1. The van der Waals surface area contributed by atoms with Crippen molar-refractivity contribution in [3.05, 3.63) is 35.9 Å². The van der Waals surface area contributed by atoms with Crippen LogP contribution in [-0.2, 0) is 14.2 Å². The number of nitrogens with one attached hydrogen (secondary N) is 1. The molecule has 1 rings (SSSR count). The quantitative estimate of drug-likeness (QED) is 0.623. The molecule has 108 valence electrons. The molecule has 0 aliphatic rings. The van der Waals surface area contributed by atoms with Gasteiger partial charge in [-0.25, -0.2) is 0 Å². The lowest BCUT2D eigenvalue weighted by molar-refractivity contribution is 0.0330. The minimum Gasteiger partial charge on any atom is -0.385 e. The number of hydrogen-bond acceptors (Lipinski definition) is 4. The van der Waals surface area contributed by atoms with Gasteiger partial charge >= 0.3 is 0 Å². The highest BCUT2D eigenvalue weighted by molar-refractivity contribution is 5.18. The molecular formula is C15H25NO3. The van der Waals surface area contributed by atoms with E-state index in [2.05, 4.69) is 17.4 Å². The lowest BCUT2D eigenvalue weighted by Gasteiger charge is -2.16. The molecule has 1 aromatic carbocycles. The maximum Gasteiger partial charge on any atom is 0.0701 e. The minimum atomic E-state index is 0.231. The Balaban J connectivity index is 2.07. The Kier molecular flexibility index (Phi) is 9.27. The third-order valence-electron chi connectivity index (χ3n) is 2.84. The van der Waals surface area contributed by atoms with Crippen LogP contribution in [0, 0.1) is 0 Å². The molecular weight excluding hydrogens is 242 g/mol. The van der Waals surface area contributed by atoms with Crippen LogP contribution in [0.5, 0.6) is 0 Å². The molecule has 0 aliphatic heterocycles. The first-order valence-electron chi connectivity index (χ1n) is 6.75. The second kappa shape index (κ2) is 10.9. The predicted octanol–water partition coefficient (Wildman–Crippen LogP) is 2.02. The van der Waals surface area contributed by atoms with E-state index in [1.165, 1.54) is 5.56 Å². The van der Waals surface area contributed by atoms with Crippen molar-refractivity contribution in [2.45, 2.75) is 12.5 Å². The molecule has 1 N–H and O–H groups in total. The summed E-state index contributed by atoms with van der Waals surface area (Å²) in [5, 5.41) is 3.25. The molecule has 0 spiro atoms. The number of ether oxygens (including phenoxy) is 3. The molecule has 0 radical (unpaired) electrons. The first kappa shape index (κ1) is 16.1. The molecule has 19 heavy (non-hydrogen) atoms. The van der Waals surface area contributed by atoms with Gasteiger partial charge < -0.3 is 19.5 Å². The molecule has 0 saturated carbocycles. The molecule has 4 nitrogen and oxygen atoms in total. The topological polar surface area (TPSA) is 39.7 Å². The molecule has 0 aliphatic carbocycles. The average Bonchev–Trinajstić information content (AvgIpc) is 2.47. The van der Waals surface area contributed by atoms with Gasteiger partial charge in [0.15, 0.2) is 0 Å². The Hall–Kier alpha value is -0.940. The summed E-state index contributed by atoms with van der Waals surface area (Å²) in [7, 11) is 3.65. The Labute approximate surface area is 116 Å². The number of hydrogen-bond donors (Lipinski definition) is 1. The van der Waals surface area contributed by atoms with Crippen LogP contribution >= 0.6 is 0 Å². The van der Waals surface area contributed by atoms with E-state index in [1.54, 1.807) is 7.11 Å². The van der Waals surface area contributed by atoms with E-state index in [9.17, 15) is 0 Å². The van der Waals surface area contributed by atoms with Crippen molar-refractivity contribution < 1.29 is 14.2 Å². The van der Waals surface area contributed by atoms with Gasteiger partial charge in [0.05, 0.1) is 25.9 Å². The van der Waals surface area contributed by atoms with Crippen molar-refractivity contribution in [1.82, 2.24) is 5.32 Å². The first-order chi connectivity index (χ1) is 9.38. The van der Waals surface area contributed by atoms with E-state index in [0.29, 0.717) is 19.8 Å². The van der Waals surface area contributed by atoms with Crippen molar-refractivity contribution in [2.24, 2.45) is 0 Å². The summed E-state index contributed by atoms with van der Waals surface area (Å²) in [6, 6.07) is 10.5. The van der Waals surface area contributed by atoms with Crippen molar-refractivity contribution in [1.29, 1.82) is 0 Å². The summed E-state index contributed by atoms with van der Waals surface area (Å²) in [4.78, 5) is 0. The molecule has 4 heteroatoms. The van der Waals surface area contributed by atoms with Gasteiger partial charge in [0.1, 0.15) is 0 Å². The third kappa shape index (κ3) is 7.28. The second-order valence-corrected chi connectivity index (χ2v) is 4.29. The fraction of sp³-hybridized carbons (Fsp3) is 0.600. The Morgan fingerprint density at radius 2 is 1.74 bits per heavy atom. The number of benzene rings is 1. The van der Waals surface area contributed by atoms with Crippen LogP contribution in [0.4, 0.5) is 0 Å². The molecule has 0 aromatic heterocycles. The lowest BCUT2D eigenvalue weighted by atomic mass is 10.1. The number of methoxy groups -OCH3 is 1. The van der Waals surface area contributed by atoms with Gasteiger partial charge in [0, 0.05) is 20.3 Å². The summed E-state index contributed by atoms with van der Waals surface area (Å²) >= 11 is 0. The zero-order chi connectivity index (χ0) is 13.8. The van der Waals surface area contributed by atoms with Crippen LogP contribution in [0.1, 0.15) is 18.0 Å². The summed E-state index contributed by atoms with van der Waals surface area (Å²) in [5.74, 6) is 0. The first-order valence-corrected chi connectivity index (χ1v) is 6.75. The minimum absolute atomic E-state index is 0.231. The summed E-state index contributed by atoms with van der Waals surface area (Å²) < 4.78 is 16.0. The zero-order valence-corrected chi connectivity index (χ0v) is 11.9. The molecule has 0 heterocycles. The molecule has 1 unspecified atom stereocenters. The molecule has 1 atom stereocenters. The highest BCUT2D eigenvalue weighted by Gasteiger charge is 2.07. The largest absolute Gasteiger partial charge is 0.385 e. The number of rotatable bonds is 11. The molecule has 0 amide bonds. The average molecular weight is 267 g/mol. The van der Waals surface area contributed by atoms with Crippen LogP contribution in [0.25, 0.3) is 0 Å². The van der Waals surface area contributed by atoms with Gasteiger partial charge in [0.25, 0.3) is 0 Å². The van der Waals surface area contributed by atoms with E-state index in [1.807, 2.05) is 25.2 Å². The van der Waals surface area contributed by atoms with Crippen molar-refractivity contribution in [2.75, 3.05) is 47.2 Å². The monoisotopic (exact) mass is 267 g/mol. The summed E-state index contributed by atoms with van der Waals surface area (Å²) in [6.07, 6.45) is 0.930. The summed E-state index contributed by atoms with van der Waals surface area (Å²) in [6.45, 7) is 3.39. The molecule has 0 bridgehead atoms. The van der Waals surface area contributed by atoms with Crippen LogP contribution in [0.2, 0.25) is 0 Å². The fourth-order valence-electron chi connectivity index (χ4n) is 1.76. The molecule has 0 saturated heterocycles. The highest BCUT2D eigenvalue weighted by atomic mass is 16.5. The SMILES string of the molecule is CNC(COCCOCCCOC)c1ccccc1. The van der Waals surface area contributed by atoms with Gasteiger partial charge in [-0.3, -0.25) is 0 Å². The van der Waals surface area contributed by atoms with E-state index in [0.717, 1.165) is 19.6 Å². The third-order valence-corrected chi connectivity index (χ3v) is 2.84. The van der Waals surface area contributed by atoms with Crippen LogP contribution < -0.4 is 5.32 Å². The Morgan fingerprint density at radius 1 is 1.00 bits per heavy atom. The second-order valence-electron chi connectivity index (χ2n) is 4.29. The predicted molar refractivity (Wildman–Crippen MR) is 76.4 cm³/mol. The maximum atomic E-state index is 5.63. The van der Waals surface area contributed by atoms with Crippen molar-refractivity contribution >= 4 is 0 Å². The standard InChI is InChI=1S/C15H25NO3/c1-16-15(14-7-4-3-5-8-14)13-19-12-11-18-10-6-9-17-2/h3-5,7-8,15-16H,6,9-13H2,1-2H3. The van der Waals surface area contributed by atoms with Crippen LogP contribution in [-0.4, -0.2) is 47.2 Å². The molecule has 1 aromatic rings. The van der Waals surface area contributed by atoms with E-state index in [4.69, 9.17) is 14.2 Å². The maximum absolute atomic E-state index is 5.63. The zero-order valence-electron chi connectivity index (χ0n) is 11.9. The Morgan fingerprint density at radius 3 is 2.42 bits per heavy atom. The van der Waals surface area contributed by atoms with Gasteiger partial charge in [0.2, 0.25) is 0 Å². The van der Waals surface area contributed by atoms with Crippen molar-refractivity contribution in [3.63, 3.8) is 0 Å². The van der Waals surface area contributed by atoms with E-state index in [-0.39, 0.29) is 6.04 Å². The van der Waals surface area contributed by atoms with Crippen LogP contribution in [0.3, 0.4) is 0 Å². The normalized spacial score (nSPS) is 12.5. The van der Waals surface area contributed by atoms with Gasteiger partial charge in [-0.15, -0.1) is 0 Å². The van der Waals surface area contributed by atoms with Crippen molar-refractivity contribution in [3.8, 4) is 0 Å².